The number of fused-ring (bicyclic) bond motifs is 1. The van der Waals surface area contributed by atoms with Gasteiger partial charge in [0.15, 0.2) is 0 Å². The molecular weight excluding hydrogens is 264 g/mol. The molecule has 1 unspecified atom stereocenters. The van der Waals surface area contributed by atoms with Crippen LogP contribution in [0.1, 0.15) is 26.3 Å². The van der Waals surface area contributed by atoms with Gasteiger partial charge in [-0.3, -0.25) is 4.90 Å². The maximum Gasteiger partial charge on any atom is 0.414 e. The van der Waals surface area contributed by atoms with E-state index in [1.807, 2.05) is 32.9 Å². The Bertz CT molecular complexity index is 497. The Balaban J connectivity index is 2.32. The summed E-state index contributed by atoms with van der Waals surface area (Å²) >= 11 is 6.01. The highest BCUT2D eigenvalue weighted by molar-refractivity contribution is 6.31. The highest BCUT2D eigenvalue weighted by Crippen LogP contribution is 2.30. The van der Waals surface area contributed by atoms with Crippen LogP contribution in [0.5, 0.6) is 0 Å². The van der Waals surface area contributed by atoms with E-state index < -0.39 is 5.60 Å². The summed E-state index contributed by atoms with van der Waals surface area (Å²) < 4.78 is 5.41. The van der Waals surface area contributed by atoms with E-state index in [9.17, 15) is 4.79 Å². The maximum absolute atomic E-state index is 12.2. The van der Waals surface area contributed by atoms with Crippen molar-refractivity contribution in [1.29, 1.82) is 0 Å². The van der Waals surface area contributed by atoms with Gasteiger partial charge in [0.25, 0.3) is 0 Å². The average Bonchev–Trinajstić information content (AvgIpc) is 2.26. The van der Waals surface area contributed by atoms with Gasteiger partial charge in [0.1, 0.15) is 5.60 Å². The molecule has 0 radical (unpaired) electrons. The number of carbonyl (C=O) groups excluding carboxylic acids is 1. The van der Waals surface area contributed by atoms with Crippen molar-refractivity contribution in [2.75, 3.05) is 11.4 Å². The Morgan fingerprint density at radius 2 is 2.16 bits per heavy atom. The first kappa shape index (κ1) is 14.2. The van der Waals surface area contributed by atoms with E-state index in [1.54, 1.807) is 11.0 Å². The van der Waals surface area contributed by atoms with E-state index in [2.05, 4.69) is 0 Å². The highest BCUT2D eigenvalue weighted by Gasteiger charge is 2.30. The molecule has 0 bridgehead atoms. The monoisotopic (exact) mass is 282 g/mol. The summed E-state index contributed by atoms with van der Waals surface area (Å²) in [4.78, 5) is 13.8. The van der Waals surface area contributed by atoms with Crippen LogP contribution in [0.15, 0.2) is 18.2 Å². The first-order valence-corrected chi connectivity index (χ1v) is 6.68. The molecule has 2 rings (SSSR count). The zero-order valence-electron chi connectivity index (χ0n) is 11.4. The van der Waals surface area contributed by atoms with Gasteiger partial charge in [-0.2, -0.15) is 0 Å². The number of nitrogens with two attached hydrogens (primary N) is 1. The van der Waals surface area contributed by atoms with E-state index in [1.165, 1.54) is 0 Å². The topological polar surface area (TPSA) is 55.6 Å². The van der Waals surface area contributed by atoms with E-state index in [0.717, 1.165) is 17.7 Å². The lowest BCUT2D eigenvalue weighted by molar-refractivity contribution is 0.0575. The summed E-state index contributed by atoms with van der Waals surface area (Å²) in [6, 6.07) is 5.42. The average molecular weight is 283 g/mol. The lowest BCUT2D eigenvalue weighted by Gasteiger charge is -2.34. The largest absolute Gasteiger partial charge is 0.443 e. The number of nitrogens with zero attached hydrogens (tertiary/aromatic N) is 1. The Morgan fingerprint density at radius 1 is 1.47 bits per heavy atom. The van der Waals surface area contributed by atoms with Gasteiger partial charge in [-0.15, -0.1) is 0 Å². The van der Waals surface area contributed by atoms with Crippen molar-refractivity contribution >= 4 is 23.4 Å². The van der Waals surface area contributed by atoms with E-state index in [4.69, 9.17) is 22.1 Å². The van der Waals surface area contributed by atoms with Gasteiger partial charge in [0.2, 0.25) is 0 Å². The van der Waals surface area contributed by atoms with Crippen molar-refractivity contribution < 1.29 is 9.53 Å². The third-order valence-electron chi connectivity index (χ3n) is 2.85. The van der Waals surface area contributed by atoms with Crippen LogP contribution < -0.4 is 10.6 Å². The summed E-state index contributed by atoms with van der Waals surface area (Å²) in [7, 11) is 0. The van der Waals surface area contributed by atoms with Crippen LogP contribution in [0, 0.1) is 0 Å². The third-order valence-corrected chi connectivity index (χ3v) is 3.09. The fourth-order valence-corrected chi connectivity index (χ4v) is 2.30. The molecule has 1 heterocycles. The number of ether oxygens (including phenoxy) is 1. The fourth-order valence-electron chi connectivity index (χ4n) is 2.13. The smallest absolute Gasteiger partial charge is 0.414 e. The zero-order valence-corrected chi connectivity index (χ0v) is 12.2. The highest BCUT2D eigenvalue weighted by atomic mass is 35.5. The Hall–Kier alpha value is -1.26. The van der Waals surface area contributed by atoms with Gasteiger partial charge < -0.3 is 10.5 Å². The number of anilines is 1. The Morgan fingerprint density at radius 3 is 2.79 bits per heavy atom. The van der Waals surface area contributed by atoms with E-state index >= 15 is 0 Å². The van der Waals surface area contributed by atoms with Crippen LogP contribution in [0.4, 0.5) is 10.5 Å². The van der Waals surface area contributed by atoms with Gasteiger partial charge in [-0.25, -0.2) is 4.79 Å². The molecule has 1 aromatic rings. The van der Waals surface area contributed by atoms with Gasteiger partial charge in [-0.1, -0.05) is 17.7 Å². The molecule has 19 heavy (non-hydrogen) atoms. The Labute approximate surface area is 118 Å². The number of amides is 1. The first-order chi connectivity index (χ1) is 8.76. The van der Waals surface area contributed by atoms with Gasteiger partial charge >= 0.3 is 6.09 Å². The van der Waals surface area contributed by atoms with Crippen molar-refractivity contribution in [3.8, 4) is 0 Å². The molecular formula is C14H19ClN2O2. The normalized spacial score (nSPS) is 19.0. The Kier molecular flexibility index (Phi) is 3.74. The molecule has 0 aliphatic carbocycles. The van der Waals surface area contributed by atoms with Crippen LogP contribution in [-0.4, -0.2) is 24.3 Å². The number of hydrogen-bond acceptors (Lipinski definition) is 3. The molecule has 1 aliphatic heterocycles. The number of hydrogen-bond donors (Lipinski definition) is 1. The minimum atomic E-state index is -0.530. The van der Waals surface area contributed by atoms with Crippen LogP contribution in [0.3, 0.4) is 0 Å². The number of carbonyl (C=O) groups is 1. The molecule has 0 fully saturated rings. The van der Waals surface area contributed by atoms with Crippen molar-refractivity contribution in [2.45, 2.75) is 38.8 Å². The zero-order chi connectivity index (χ0) is 14.2. The summed E-state index contributed by atoms with van der Waals surface area (Å²) in [5.41, 5.74) is 7.28. The molecule has 1 amide bonds. The molecule has 1 atom stereocenters. The molecule has 0 spiro atoms. The molecule has 0 aromatic heterocycles. The van der Waals surface area contributed by atoms with Gasteiger partial charge in [0, 0.05) is 17.6 Å². The van der Waals surface area contributed by atoms with Crippen LogP contribution >= 0.6 is 11.6 Å². The van der Waals surface area contributed by atoms with Crippen molar-refractivity contribution in [2.24, 2.45) is 5.73 Å². The predicted octanol–water partition coefficient (Wildman–Crippen LogP) is 2.96. The molecule has 1 aromatic carbocycles. The summed E-state index contributed by atoms with van der Waals surface area (Å²) in [5.74, 6) is 0. The quantitative estimate of drug-likeness (QED) is 0.796. The lowest BCUT2D eigenvalue weighted by atomic mass is 9.99. The van der Waals surface area contributed by atoms with Crippen molar-refractivity contribution in [3.63, 3.8) is 0 Å². The predicted molar refractivity (Wildman–Crippen MR) is 76.7 cm³/mol. The lowest BCUT2D eigenvalue weighted by Crippen LogP contribution is -2.48. The molecule has 0 saturated heterocycles. The van der Waals surface area contributed by atoms with Gasteiger partial charge in [0.05, 0.1) is 5.69 Å². The summed E-state index contributed by atoms with van der Waals surface area (Å²) in [6.07, 6.45) is 0.359. The standard InChI is InChI=1S/C14H19ClN2O2/c1-14(2,3)19-13(18)17-8-11(16)6-9-4-5-10(15)7-12(9)17/h4-5,7,11H,6,8,16H2,1-3H3. The third kappa shape index (κ3) is 3.39. The second-order valence-corrected chi connectivity index (χ2v) is 6.26. The summed E-state index contributed by atoms with van der Waals surface area (Å²) in [5, 5.41) is 0.600. The van der Waals surface area contributed by atoms with Crippen molar-refractivity contribution in [1.82, 2.24) is 0 Å². The second-order valence-electron chi connectivity index (χ2n) is 5.83. The number of benzene rings is 1. The number of rotatable bonds is 0. The van der Waals surface area contributed by atoms with Crippen LogP contribution in [0.2, 0.25) is 5.02 Å². The molecule has 104 valence electrons. The van der Waals surface area contributed by atoms with E-state index in [0.29, 0.717) is 11.6 Å². The molecule has 2 N–H and O–H groups in total. The molecule has 1 aliphatic rings. The molecule has 5 heteroatoms. The van der Waals surface area contributed by atoms with Gasteiger partial charge in [-0.05, 0) is 44.9 Å². The van der Waals surface area contributed by atoms with Crippen LogP contribution in [-0.2, 0) is 11.2 Å². The molecule has 4 nitrogen and oxygen atoms in total. The minimum absolute atomic E-state index is 0.0822. The fraction of sp³-hybridized carbons (Fsp3) is 0.500. The second kappa shape index (κ2) is 5.02. The summed E-state index contributed by atoms with van der Waals surface area (Å²) in [6.45, 7) is 5.97. The molecule has 0 saturated carbocycles. The first-order valence-electron chi connectivity index (χ1n) is 6.31. The van der Waals surface area contributed by atoms with E-state index in [-0.39, 0.29) is 12.1 Å². The minimum Gasteiger partial charge on any atom is -0.443 e. The van der Waals surface area contributed by atoms with Crippen LogP contribution in [0.25, 0.3) is 0 Å². The SMILES string of the molecule is CC(C)(C)OC(=O)N1CC(N)Cc2ccc(Cl)cc21. The number of halogens is 1. The van der Waals surface area contributed by atoms with Crippen molar-refractivity contribution in [3.05, 3.63) is 28.8 Å². The maximum atomic E-state index is 12.2.